The number of carbonyl (C=O) groups is 1. The third-order valence-electron chi connectivity index (χ3n) is 3.67. The predicted octanol–water partition coefficient (Wildman–Crippen LogP) is 1.80. The quantitative estimate of drug-likeness (QED) is 0.532. The Balaban J connectivity index is 1.91. The van der Waals surface area contributed by atoms with Crippen LogP contribution in [0.4, 0.5) is 5.69 Å². The Morgan fingerprint density at radius 2 is 1.96 bits per heavy atom. The van der Waals surface area contributed by atoms with E-state index in [4.69, 9.17) is 4.42 Å². The average molecular weight is 422 g/mol. The van der Waals surface area contributed by atoms with Gasteiger partial charge in [0.1, 0.15) is 5.76 Å². The Morgan fingerprint density at radius 3 is 2.57 bits per heavy atom. The maximum absolute atomic E-state index is 11.6. The van der Waals surface area contributed by atoms with E-state index in [0.717, 1.165) is 17.6 Å². The number of anilines is 1. The normalized spacial score (nSPS) is 11.4. The molecule has 0 saturated heterocycles. The number of carbonyl (C=O) groups excluding carboxylic acids is 1. The minimum absolute atomic E-state index is 0.115. The second-order valence-electron chi connectivity index (χ2n) is 5.89. The van der Waals surface area contributed by atoms with Gasteiger partial charge in [0.2, 0.25) is 15.9 Å². The zero-order chi connectivity index (χ0) is 20.1. The molecular weight excluding hydrogens is 402 g/mol. The average Bonchev–Trinajstić information content (AvgIpc) is 3.30. The van der Waals surface area contributed by atoms with Crippen LogP contribution in [0.1, 0.15) is 5.76 Å². The number of benzene rings is 1. The number of hydrogen-bond acceptors (Lipinski definition) is 7. The molecule has 1 aromatic carbocycles. The van der Waals surface area contributed by atoms with Crippen LogP contribution in [-0.2, 0) is 21.4 Å². The number of hydrogen-bond donors (Lipinski definition) is 2. The molecule has 0 aliphatic heterocycles. The van der Waals surface area contributed by atoms with Gasteiger partial charge >= 0.3 is 0 Å². The van der Waals surface area contributed by atoms with Crippen LogP contribution in [0.2, 0.25) is 0 Å². The fourth-order valence-electron chi connectivity index (χ4n) is 2.41. The molecule has 2 N–H and O–H groups in total. The third kappa shape index (κ3) is 5.14. The molecule has 0 aliphatic carbocycles. The highest BCUT2D eigenvalue weighted by Gasteiger charge is 2.17. The highest BCUT2D eigenvalue weighted by molar-refractivity contribution is 7.99. The van der Waals surface area contributed by atoms with Crippen molar-refractivity contribution in [3.8, 4) is 11.4 Å². The molecule has 0 spiro atoms. The molecule has 0 radical (unpaired) electrons. The van der Waals surface area contributed by atoms with Crippen LogP contribution >= 0.6 is 11.8 Å². The number of amides is 1. The topological polar surface area (TPSA) is 119 Å². The summed E-state index contributed by atoms with van der Waals surface area (Å²) in [5.74, 6) is 1.40. The minimum Gasteiger partial charge on any atom is -0.467 e. The van der Waals surface area contributed by atoms with Crippen molar-refractivity contribution >= 4 is 33.4 Å². The first-order valence-corrected chi connectivity index (χ1v) is 11.1. The van der Waals surface area contributed by atoms with Gasteiger partial charge in [-0.2, -0.15) is 0 Å². The Morgan fingerprint density at radius 1 is 1.21 bits per heavy atom. The molecule has 0 bridgehead atoms. The predicted molar refractivity (Wildman–Crippen MR) is 107 cm³/mol. The molecule has 0 aliphatic rings. The van der Waals surface area contributed by atoms with E-state index in [9.17, 15) is 13.2 Å². The maximum Gasteiger partial charge on any atom is 0.230 e. The van der Waals surface area contributed by atoms with Gasteiger partial charge in [-0.25, -0.2) is 8.42 Å². The zero-order valence-electron chi connectivity index (χ0n) is 15.2. The van der Waals surface area contributed by atoms with E-state index in [-0.39, 0.29) is 11.7 Å². The first-order valence-electron chi connectivity index (χ1n) is 8.23. The lowest BCUT2D eigenvalue weighted by Crippen LogP contribution is -2.20. The Kier molecular flexibility index (Phi) is 6.05. The fraction of sp³-hybridized carbons (Fsp3) is 0.235. The van der Waals surface area contributed by atoms with Crippen molar-refractivity contribution in [1.29, 1.82) is 0 Å². The Labute approximate surface area is 166 Å². The molecule has 28 heavy (non-hydrogen) atoms. The Hall–Kier alpha value is -2.79. The van der Waals surface area contributed by atoms with Crippen LogP contribution < -0.4 is 10.0 Å². The van der Waals surface area contributed by atoms with Crippen LogP contribution in [0, 0.1) is 0 Å². The summed E-state index contributed by atoms with van der Waals surface area (Å²) in [5, 5.41) is 11.6. The summed E-state index contributed by atoms with van der Waals surface area (Å²) in [5.41, 5.74) is 1.21. The first-order chi connectivity index (χ1) is 13.4. The number of nitrogens with zero attached hydrogens (tertiary/aromatic N) is 3. The Bertz CT molecular complexity index is 1040. The number of rotatable bonds is 8. The molecule has 2 aromatic heterocycles. The highest BCUT2D eigenvalue weighted by Crippen LogP contribution is 2.26. The molecule has 0 atom stereocenters. The lowest BCUT2D eigenvalue weighted by molar-refractivity contribution is -0.118. The molecule has 0 fully saturated rings. The molecule has 148 valence electrons. The van der Waals surface area contributed by atoms with Crippen LogP contribution in [0.15, 0.2) is 52.2 Å². The molecule has 3 rings (SSSR count). The monoisotopic (exact) mass is 421 g/mol. The number of furan rings is 1. The second-order valence-corrected chi connectivity index (χ2v) is 8.58. The van der Waals surface area contributed by atoms with Crippen LogP contribution in [0.5, 0.6) is 0 Å². The van der Waals surface area contributed by atoms with E-state index < -0.39 is 10.0 Å². The van der Waals surface area contributed by atoms with Crippen molar-refractivity contribution < 1.29 is 17.6 Å². The molecular formula is C17H19N5O4S2. The first kappa shape index (κ1) is 20.0. The van der Waals surface area contributed by atoms with E-state index in [1.54, 1.807) is 43.6 Å². The molecule has 0 unspecified atom stereocenters. The molecule has 9 nitrogen and oxygen atoms in total. The number of nitrogens with one attached hydrogen (secondary N) is 2. The molecule has 0 saturated carbocycles. The van der Waals surface area contributed by atoms with E-state index in [1.807, 2.05) is 10.6 Å². The third-order valence-corrected chi connectivity index (χ3v) is 5.24. The van der Waals surface area contributed by atoms with Gasteiger partial charge in [0.05, 0.1) is 24.8 Å². The molecule has 11 heteroatoms. The van der Waals surface area contributed by atoms with E-state index in [2.05, 4.69) is 20.2 Å². The second kappa shape index (κ2) is 8.48. The lowest BCUT2D eigenvalue weighted by Gasteiger charge is -2.09. The standard InChI is InChI=1S/C17H19N5O4S2/c1-18-15(23)11-27-17-20-19-16(22(17)10-14-4-3-9-26-14)12-5-7-13(8-6-12)21-28(2,24)25/h3-9,21H,10-11H2,1-2H3,(H,18,23). The van der Waals surface area contributed by atoms with Gasteiger partial charge in [0, 0.05) is 18.3 Å². The van der Waals surface area contributed by atoms with Gasteiger partial charge in [-0.15, -0.1) is 10.2 Å². The number of sulfonamides is 1. The summed E-state index contributed by atoms with van der Waals surface area (Å²) in [4.78, 5) is 11.6. The molecule has 2 heterocycles. The van der Waals surface area contributed by atoms with Crippen molar-refractivity contribution in [3.05, 3.63) is 48.4 Å². The molecule has 3 aromatic rings. The summed E-state index contributed by atoms with van der Waals surface area (Å²) in [6.45, 7) is 0.398. The summed E-state index contributed by atoms with van der Waals surface area (Å²) in [6, 6.07) is 10.4. The van der Waals surface area contributed by atoms with Crippen molar-refractivity contribution in [3.63, 3.8) is 0 Å². The fourth-order valence-corrected chi connectivity index (χ4v) is 3.79. The van der Waals surface area contributed by atoms with E-state index in [1.165, 1.54) is 11.8 Å². The van der Waals surface area contributed by atoms with Crippen molar-refractivity contribution in [2.75, 3.05) is 23.8 Å². The number of thioether (sulfide) groups is 1. The molecule has 1 amide bonds. The van der Waals surface area contributed by atoms with E-state index in [0.29, 0.717) is 23.2 Å². The zero-order valence-corrected chi connectivity index (χ0v) is 16.9. The largest absolute Gasteiger partial charge is 0.467 e. The SMILES string of the molecule is CNC(=O)CSc1nnc(-c2ccc(NS(C)(=O)=O)cc2)n1Cc1ccco1. The van der Waals surface area contributed by atoms with Crippen LogP contribution in [0.3, 0.4) is 0 Å². The van der Waals surface area contributed by atoms with Gasteiger partial charge in [-0.1, -0.05) is 11.8 Å². The van der Waals surface area contributed by atoms with Gasteiger partial charge < -0.3 is 9.73 Å². The van der Waals surface area contributed by atoms with Crippen molar-refractivity contribution in [1.82, 2.24) is 20.1 Å². The van der Waals surface area contributed by atoms with Crippen molar-refractivity contribution in [2.24, 2.45) is 0 Å². The highest BCUT2D eigenvalue weighted by atomic mass is 32.2. The smallest absolute Gasteiger partial charge is 0.230 e. The van der Waals surface area contributed by atoms with Gasteiger partial charge in [-0.3, -0.25) is 14.1 Å². The van der Waals surface area contributed by atoms with E-state index >= 15 is 0 Å². The lowest BCUT2D eigenvalue weighted by atomic mass is 10.2. The summed E-state index contributed by atoms with van der Waals surface area (Å²) in [7, 11) is -1.77. The maximum atomic E-state index is 11.6. The van der Waals surface area contributed by atoms with Crippen LogP contribution in [0.25, 0.3) is 11.4 Å². The van der Waals surface area contributed by atoms with Gasteiger partial charge in [0.15, 0.2) is 11.0 Å². The summed E-state index contributed by atoms with van der Waals surface area (Å²) < 4.78 is 32.4. The number of aromatic nitrogens is 3. The van der Waals surface area contributed by atoms with Gasteiger partial charge in [0.25, 0.3) is 0 Å². The van der Waals surface area contributed by atoms with Gasteiger partial charge in [-0.05, 0) is 36.4 Å². The van der Waals surface area contributed by atoms with Crippen molar-refractivity contribution in [2.45, 2.75) is 11.7 Å². The minimum atomic E-state index is -3.35. The summed E-state index contributed by atoms with van der Waals surface area (Å²) >= 11 is 1.27. The van der Waals surface area contributed by atoms with Crippen LogP contribution in [-0.4, -0.2) is 48.1 Å². The summed E-state index contributed by atoms with van der Waals surface area (Å²) in [6.07, 6.45) is 2.68.